The van der Waals surface area contributed by atoms with E-state index >= 15 is 0 Å². The standard InChI is InChI=1S/C28H27NO5/c1-2-33-26(28(31)32)18-20-8-11-24(12-9-20)34-17-16-29-15-14-22-19-23(10-13-25(22)29)27(30)21-6-4-3-5-7-21/h3-15,19,26H,2,16-18H2,1H3,(H,31,32)/t26-/m1/s1. The second-order valence-corrected chi connectivity index (χ2v) is 7.96. The molecule has 1 atom stereocenters. The Morgan fingerprint density at radius 2 is 1.71 bits per heavy atom. The number of hydrogen-bond acceptors (Lipinski definition) is 4. The molecule has 0 bridgehead atoms. The van der Waals surface area contributed by atoms with E-state index in [1.54, 1.807) is 6.92 Å². The molecular weight excluding hydrogens is 430 g/mol. The molecule has 0 aliphatic heterocycles. The maximum Gasteiger partial charge on any atom is 0.333 e. The zero-order valence-corrected chi connectivity index (χ0v) is 19.0. The number of ether oxygens (including phenoxy) is 2. The van der Waals surface area contributed by atoms with Crippen molar-refractivity contribution in [2.75, 3.05) is 13.2 Å². The molecule has 0 fully saturated rings. The molecule has 1 N–H and O–H groups in total. The third-order valence-corrected chi connectivity index (χ3v) is 5.66. The van der Waals surface area contributed by atoms with E-state index in [2.05, 4.69) is 4.57 Å². The largest absolute Gasteiger partial charge is 0.492 e. The van der Waals surface area contributed by atoms with Crippen molar-refractivity contribution in [2.45, 2.75) is 26.0 Å². The highest BCUT2D eigenvalue weighted by Crippen LogP contribution is 2.20. The number of carbonyl (C=O) groups is 2. The molecule has 3 aromatic carbocycles. The Morgan fingerprint density at radius 1 is 0.941 bits per heavy atom. The van der Waals surface area contributed by atoms with Gasteiger partial charge in [-0.1, -0.05) is 42.5 Å². The van der Waals surface area contributed by atoms with Gasteiger partial charge in [0.1, 0.15) is 12.4 Å². The van der Waals surface area contributed by atoms with Crippen molar-refractivity contribution in [1.29, 1.82) is 0 Å². The van der Waals surface area contributed by atoms with Gasteiger partial charge in [0.25, 0.3) is 0 Å². The van der Waals surface area contributed by atoms with E-state index in [9.17, 15) is 14.7 Å². The highest BCUT2D eigenvalue weighted by atomic mass is 16.5. The molecule has 0 aliphatic rings. The first-order chi connectivity index (χ1) is 16.5. The molecule has 0 spiro atoms. The summed E-state index contributed by atoms with van der Waals surface area (Å²) in [5, 5.41) is 10.2. The second-order valence-electron chi connectivity index (χ2n) is 7.96. The van der Waals surface area contributed by atoms with Crippen LogP contribution < -0.4 is 4.74 Å². The summed E-state index contributed by atoms with van der Waals surface area (Å²) in [5.41, 5.74) is 3.27. The van der Waals surface area contributed by atoms with E-state index in [1.165, 1.54) is 0 Å². The minimum absolute atomic E-state index is 0.0120. The summed E-state index contributed by atoms with van der Waals surface area (Å²) in [5.74, 6) is -0.227. The van der Waals surface area contributed by atoms with Gasteiger partial charge in [-0.25, -0.2) is 4.79 Å². The van der Waals surface area contributed by atoms with Crippen LogP contribution in [-0.4, -0.2) is 40.7 Å². The van der Waals surface area contributed by atoms with Gasteiger partial charge in [-0.15, -0.1) is 0 Å². The van der Waals surface area contributed by atoms with Crippen LogP contribution in [0.15, 0.2) is 85.1 Å². The Hall–Kier alpha value is -3.90. The molecule has 4 aromatic rings. The third-order valence-electron chi connectivity index (χ3n) is 5.66. The molecule has 0 radical (unpaired) electrons. The number of fused-ring (bicyclic) bond motifs is 1. The molecule has 1 heterocycles. The Bertz CT molecular complexity index is 1260. The third kappa shape index (κ3) is 5.53. The molecule has 6 heteroatoms. The highest BCUT2D eigenvalue weighted by molar-refractivity contribution is 6.10. The van der Waals surface area contributed by atoms with Gasteiger partial charge in [-0.3, -0.25) is 4.79 Å². The first-order valence-corrected chi connectivity index (χ1v) is 11.3. The summed E-state index contributed by atoms with van der Waals surface area (Å²) >= 11 is 0. The van der Waals surface area contributed by atoms with Crippen molar-refractivity contribution in [3.8, 4) is 5.75 Å². The van der Waals surface area contributed by atoms with Crippen LogP contribution in [0.4, 0.5) is 0 Å². The van der Waals surface area contributed by atoms with Crippen LogP contribution >= 0.6 is 0 Å². The van der Waals surface area contributed by atoms with Crippen LogP contribution in [0, 0.1) is 0 Å². The van der Waals surface area contributed by atoms with Crippen molar-refractivity contribution in [1.82, 2.24) is 4.57 Å². The fraction of sp³-hybridized carbons (Fsp3) is 0.214. The van der Waals surface area contributed by atoms with Crippen molar-refractivity contribution < 1.29 is 24.2 Å². The van der Waals surface area contributed by atoms with E-state index in [4.69, 9.17) is 9.47 Å². The first-order valence-electron chi connectivity index (χ1n) is 11.3. The van der Waals surface area contributed by atoms with Crippen LogP contribution in [0.1, 0.15) is 28.4 Å². The SMILES string of the molecule is CCO[C@H](Cc1ccc(OCCn2ccc3cc(C(=O)c4ccccc4)ccc32)cc1)C(=O)O. The number of aromatic nitrogens is 1. The van der Waals surface area contributed by atoms with Gasteiger partial charge in [-0.05, 0) is 48.9 Å². The van der Waals surface area contributed by atoms with Gasteiger partial charge in [0.05, 0.1) is 6.54 Å². The van der Waals surface area contributed by atoms with Crippen molar-refractivity contribution in [3.63, 3.8) is 0 Å². The maximum atomic E-state index is 12.7. The number of carboxylic acids is 1. The first kappa shape index (κ1) is 23.3. The van der Waals surface area contributed by atoms with Crippen LogP contribution in [0.25, 0.3) is 10.9 Å². The number of benzene rings is 3. The molecule has 34 heavy (non-hydrogen) atoms. The summed E-state index contributed by atoms with van der Waals surface area (Å²) in [4.78, 5) is 24.0. The Kier molecular flexibility index (Phi) is 7.40. The van der Waals surface area contributed by atoms with Gasteiger partial charge in [0, 0.05) is 41.3 Å². The van der Waals surface area contributed by atoms with Crippen LogP contribution in [0.5, 0.6) is 5.75 Å². The van der Waals surface area contributed by atoms with Crippen molar-refractivity contribution in [3.05, 3.63) is 102 Å². The topological polar surface area (TPSA) is 77.8 Å². The number of carbonyl (C=O) groups excluding carboxylic acids is 1. The highest BCUT2D eigenvalue weighted by Gasteiger charge is 2.17. The fourth-order valence-corrected chi connectivity index (χ4v) is 3.91. The monoisotopic (exact) mass is 457 g/mol. The van der Waals surface area contributed by atoms with Gasteiger partial charge in [-0.2, -0.15) is 0 Å². The summed E-state index contributed by atoms with van der Waals surface area (Å²) < 4.78 is 13.2. The zero-order valence-electron chi connectivity index (χ0n) is 19.0. The Balaban J connectivity index is 1.35. The summed E-state index contributed by atoms with van der Waals surface area (Å²) in [6, 6.07) is 24.4. The lowest BCUT2D eigenvalue weighted by molar-refractivity contribution is -0.149. The van der Waals surface area contributed by atoms with Crippen molar-refractivity contribution in [2.24, 2.45) is 0 Å². The molecule has 0 saturated carbocycles. The lowest BCUT2D eigenvalue weighted by Crippen LogP contribution is -2.26. The van der Waals surface area contributed by atoms with E-state index < -0.39 is 12.1 Å². The molecule has 0 unspecified atom stereocenters. The summed E-state index contributed by atoms with van der Waals surface area (Å²) in [6.45, 7) is 3.27. The number of carboxylic acid groups (broad SMARTS) is 1. The summed E-state index contributed by atoms with van der Waals surface area (Å²) in [6.07, 6.45) is 1.46. The Morgan fingerprint density at radius 3 is 2.41 bits per heavy atom. The van der Waals surface area contributed by atoms with E-state index in [0.717, 1.165) is 22.2 Å². The van der Waals surface area contributed by atoms with Gasteiger partial charge in [0.15, 0.2) is 11.9 Å². The second kappa shape index (κ2) is 10.8. The number of ketones is 1. The minimum Gasteiger partial charge on any atom is -0.492 e. The van der Waals surface area contributed by atoms with E-state index in [0.29, 0.717) is 37.3 Å². The molecular formula is C28H27NO5. The van der Waals surface area contributed by atoms with E-state index in [1.807, 2.05) is 85.1 Å². The normalized spacial score (nSPS) is 11.9. The molecule has 0 saturated heterocycles. The predicted molar refractivity (Wildman–Crippen MR) is 131 cm³/mol. The number of hydrogen-bond donors (Lipinski definition) is 1. The molecule has 6 nitrogen and oxygen atoms in total. The summed E-state index contributed by atoms with van der Waals surface area (Å²) in [7, 11) is 0. The smallest absolute Gasteiger partial charge is 0.333 e. The lowest BCUT2D eigenvalue weighted by atomic mass is 10.0. The lowest BCUT2D eigenvalue weighted by Gasteiger charge is -2.13. The molecule has 1 aromatic heterocycles. The number of rotatable bonds is 11. The van der Waals surface area contributed by atoms with Gasteiger partial charge in [0.2, 0.25) is 0 Å². The van der Waals surface area contributed by atoms with Crippen LogP contribution in [0.2, 0.25) is 0 Å². The molecule has 0 amide bonds. The predicted octanol–water partition coefficient (Wildman–Crippen LogP) is 4.98. The molecule has 4 rings (SSSR count). The quantitative estimate of drug-likeness (QED) is 0.321. The number of nitrogens with zero attached hydrogens (tertiary/aromatic N) is 1. The number of aliphatic carboxylic acids is 1. The Labute approximate surface area is 198 Å². The van der Waals surface area contributed by atoms with Crippen molar-refractivity contribution >= 4 is 22.7 Å². The zero-order chi connectivity index (χ0) is 23.9. The average Bonchev–Trinajstić information content (AvgIpc) is 3.27. The van der Waals surface area contributed by atoms with Gasteiger partial charge < -0.3 is 19.1 Å². The maximum absolute atomic E-state index is 12.7. The molecule has 0 aliphatic carbocycles. The molecule has 174 valence electrons. The van der Waals surface area contributed by atoms with E-state index in [-0.39, 0.29) is 5.78 Å². The fourth-order valence-electron chi connectivity index (χ4n) is 3.91. The van der Waals surface area contributed by atoms with Crippen LogP contribution in [0.3, 0.4) is 0 Å². The average molecular weight is 458 g/mol. The minimum atomic E-state index is -0.960. The van der Waals surface area contributed by atoms with Crippen LogP contribution in [-0.2, 0) is 22.5 Å². The van der Waals surface area contributed by atoms with Gasteiger partial charge >= 0.3 is 5.97 Å².